The SMILES string of the molecule is Cc1cc(C)cc(NC(N)=NCCN2CCN(C(=O)OC(C)(C)C)CC2)c1. The molecule has 0 aromatic heterocycles. The van der Waals surface area contributed by atoms with E-state index in [4.69, 9.17) is 10.5 Å². The van der Waals surface area contributed by atoms with Crippen molar-refractivity contribution in [3.05, 3.63) is 29.3 Å². The van der Waals surface area contributed by atoms with E-state index in [1.54, 1.807) is 4.90 Å². The standard InChI is InChI=1S/C20H33N5O2/c1-15-12-16(2)14-17(13-15)23-18(21)22-6-7-24-8-10-25(11-9-24)19(26)27-20(3,4)5/h12-14H,6-11H2,1-5H3,(H3,21,22,23). The molecule has 7 nitrogen and oxygen atoms in total. The molecular weight excluding hydrogens is 342 g/mol. The third-order valence-electron chi connectivity index (χ3n) is 4.22. The van der Waals surface area contributed by atoms with E-state index in [9.17, 15) is 4.79 Å². The van der Waals surface area contributed by atoms with E-state index >= 15 is 0 Å². The molecule has 0 radical (unpaired) electrons. The summed E-state index contributed by atoms with van der Waals surface area (Å²) in [6.45, 7) is 14.2. The highest BCUT2D eigenvalue weighted by molar-refractivity contribution is 5.92. The second-order valence-electron chi connectivity index (χ2n) is 8.08. The van der Waals surface area contributed by atoms with Crippen LogP contribution in [-0.4, -0.2) is 66.7 Å². The van der Waals surface area contributed by atoms with E-state index in [0.717, 1.165) is 25.3 Å². The number of benzene rings is 1. The Morgan fingerprint density at radius 3 is 2.30 bits per heavy atom. The second-order valence-corrected chi connectivity index (χ2v) is 8.08. The summed E-state index contributed by atoms with van der Waals surface area (Å²) in [7, 11) is 0. The minimum atomic E-state index is -0.455. The Kier molecular flexibility index (Phi) is 7.07. The first-order chi connectivity index (χ1) is 12.6. The quantitative estimate of drug-likeness (QED) is 0.624. The first-order valence-electron chi connectivity index (χ1n) is 9.48. The smallest absolute Gasteiger partial charge is 0.410 e. The molecule has 0 unspecified atom stereocenters. The van der Waals surface area contributed by atoms with Gasteiger partial charge in [-0.1, -0.05) is 6.07 Å². The number of anilines is 1. The molecule has 3 N–H and O–H groups in total. The summed E-state index contributed by atoms with van der Waals surface area (Å²) in [5, 5.41) is 3.14. The van der Waals surface area contributed by atoms with Crippen LogP contribution in [0.2, 0.25) is 0 Å². The average molecular weight is 376 g/mol. The number of nitrogens with two attached hydrogens (primary N) is 1. The largest absolute Gasteiger partial charge is 0.444 e. The number of hydrogen-bond acceptors (Lipinski definition) is 4. The van der Waals surface area contributed by atoms with Gasteiger partial charge in [0.1, 0.15) is 5.60 Å². The Labute approximate surface area is 162 Å². The molecule has 27 heavy (non-hydrogen) atoms. The highest BCUT2D eigenvalue weighted by atomic mass is 16.6. The van der Waals surface area contributed by atoms with E-state index in [-0.39, 0.29) is 6.09 Å². The van der Waals surface area contributed by atoms with Gasteiger partial charge in [0.15, 0.2) is 5.96 Å². The number of hydrogen-bond donors (Lipinski definition) is 2. The van der Waals surface area contributed by atoms with E-state index in [2.05, 4.69) is 35.1 Å². The molecule has 1 aromatic rings. The average Bonchev–Trinajstić information content (AvgIpc) is 2.52. The molecule has 2 rings (SSSR count). The van der Waals surface area contributed by atoms with Crippen LogP contribution in [0.4, 0.5) is 10.5 Å². The van der Waals surface area contributed by atoms with Crippen molar-refractivity contribution in [1.82, 2.24) is 9.80 Å². The van der Waals surface area contributed by atoms with Crippen LogP contribution in [0.5, 0.6) is 0 Å². The van der Waals surface area contributed by atoms with Gasteiger partial charge >= 0.3 is 6.09 Å². The molecule has 0 aliphatic carbocycles. The lowest BCUT2D eigenvalue weighted by atomic mass is 10.1. The molecular formula is C20H33N5O2. The van der Waals surface area contributed by atoms with Gasteiger partial charge in [0.25, 0.3) is 0 Å². The highest BCUT2D eigenvalue weighted by Crippen LogP contribution is 2.13. The first-order valence-corrected chi connectivity index (χ1v) is 9.48. The van der Waals surface area contributed by atoms with Gasteiger partial charge in [-0.3, -0.25) is 9.89 Å². The van der Waals surface area contributed by atoms with Crippen molar-refractivity contribution in [2.24, 2.45) is 10.7 Å². The van der Waals surface area contributed by atoms with Crippen molar-refractivity contribution in [1.29, 1.82) is 0 Å². The summed E-state index contributed by atoms with van der Waals surface area (Å²) in [4.78, 5) is 20.5. The second kappa shape index (κ2) is 9.08. The van der Waals surface area contributed by atoms with Crippen molar-refractivity contribution in [3.8, 4) is 0 Å². The monoisotopic (exact) mass is 375 g/mol. The van der Waals surface area contributed by atoms with Crippen molar-refractivity contribution in [2.45, 2.75) is 40.2 Å². The molecule has 1 fully saturated rings. The maximum Gasteiger partial charge on any atom is 0.410 e. The van der Waals surface area contributed by atoms with Crippen molar-refractivity contribution < 1.29 is 9.53 Å². The fourth-order valence-corrected chi connectivity index (χ4v) is 3.03. The van der Waals surface area contributed by atoms with E-state index in [1.807, 2.05) is 32.9 Å². The van der Waals surface area contributed by atoms with Gasteiger partial charge in [-0.25, -0.2) is 4.79 Å². The third kappa shape index (κ3) is 7.46. The number of aryl methyl sites for hydroxylation is 2. The van der Waals surface area contributed by atoms with E-state index in [0.29, 0.717) is 25.6 Å². The van der Waals surface area contributed by atoms with Gasteiger partial charge in [-0.2, -0.15) is 0 Å². The number of piperazine rings is 1. The Morgan fingerprint density at radius 2 is 1.74 bits per heavy atom. The van der Waals surface area contributed by atoms with Crippen LogP contribution in [0.25, 0.3) is 0 Å². The lowest BCUT2D eigenvalue weighted by molar-refractivity contribution is 0.0148. The zero-order valence-corrected chi connectivity index (χ0v) is 17.2. The number of rotatable bonds is 4. The molecule has 1 aliphatic rings. The van der Waals surface area contributed by atoms with Crippen LogP contribution in [0.3, 0.4) is 0 Å². The van der Waals surface area contributed by atoms with Crippen LogP contribution in [0.15, 0.2) is 23.2 Å². The van der Waals surface area contributed by atoms with Gasteiger partial charge < -0.3 is 20.7 Å². The van der Waals surface area contributed by atoms with Crippen molar-refractivity contribution >= 4 is 17.7 Å². The van der Waals surface area contributed by atoms with Crippen LogP contribution in [0, 0.1) is 13.8 Å². The molecule has 150 valence electrons. The fraction of sp³-hybridized carbons (Fsp3) is 0.600. The minimum absolute atomic E-state index is 0.234. The number of carbonyl (C=O) groups excluding carboxylic acids is 1. The van der Waals surface area contributed by atoms with Crippen LogP contribution >= 0.6 is 0 Å². The first kappa shape index (κ1) is 21.0. The Bertz CT molecular complexity index is 653. The summed E-state index contributed by atoms with van der Waals surface area (Å²) in [5.41, 5.74) is 8.87. The van der Waals surface area contributed by atoms with E-state index in [1.165, 1.54) is 11.1 Å². The number of guanidine groups is 1. The maximum absolute atomic E-state index is 12.1. The third-order valence-corrected chi connectivity index (χ3v) is 4.22. The number of aliphatic imine (C=N–C) groups is 1. The normalized spacial score (nSPS) is 16.3. The minimum Gasteiger partial charge on any atom is -0.444 e. The number of nitrogens with zero attached hydrogens (tertiary/aromatic N) is 3. The van der Waals surface area contributed by atoms with E-state index < -0.39 is 5.60 Å². The Balaban J connectivity index is 1.73. The van der Waals surface area contributed by atoms with Gasteiger partial charge in [-0.15, -0.1) is 0 Å². The summed E-state index contributed by atoms with van der Waals surface area (Å²) in [6.07, 6.45) is -0.234. The predicted octanol–water partition coefficient (Wildman–Crippen LogP) is 2.58. The number of amides is 1. The Morgan fingerprint density at radius 1 is 1.15 bits per heavy atom. The lowest BCUT2D eigenvalue weighted by Gasteiger charge is -2.35. The number of carbonyl (C=O) groups is 1. The van der Waals surface area contributed by atoms with Crippen LogP contribution < -0.4 is 11.1 Å². The lowest BCUT2D eigenvalue weighted by Crippen LogP contribution is -2.50. The maximum atomic E-state index is 12.1. The van der Waals surface area contributed by atoms with Gasteiger partial charge in [-0.05, 0) is 57.9 Å². The summed E-state index contributed by atoms with van der Waals surface area (Å²) in [5.74, 6) is 0.424. The molecule has 0 atom stereocenters. The Hall–Kier alpha value is -2.28. The molecule has 1 heterocycles. The van der Waals surface area contributed by atoms with Crippen LogP contribution in [0.1, 0.15) is 31.9 Å². The molecule has 1 aliphatic heterocycles. The topological polar surface area (TPSA) is 83.2 Å². The highest BCUT2D eigenvalue weighted by Gasteiger charge is 2.25. The van der Waals surface area contributed by atoms with Gasteiger partial charge in [0.05, 0.1) is 6.54 Å². The number of nitrogens with one attached hydrogen (secondary N) is 1. The molecule has 0 spiro atoms. The predicted molar refractivity (Wildman–Crippen MR) is 110 cm³/mol. The molecule has 0 bridgehead atoms. The molecule has 0 saturated carbocycles. The number of ether oxygens (including phenoxy) is 1. The van der Waals surface area contributed by atoms with Crippen molar-refractivity contribution in [2.75, 3.05) is 44.6 Å². The molecule has 1 aromatic carbocycles. The summed E-state index contributed by atoms with van der Waals surface area (Å²) >= 11 is 0. The van der Waals surface area contributed by atoms with Gasteiger partial charge in [0.2, 0.25) is 0 Å². The molecule has 1 saturated heterocycles. The zero-order chi connectivity index (χ0) is 20.0. The summed E-state index contributed by atoms with van der Waals surface area (Å²) < 4.78 is 5.42. The van der Waals surface area contributed by atoms with Crippen LogP contribution in [-0.2, 0) is 4.74 Å². The van der Waals surface area contributed by atoms with Gasteiger partial charge in [0, 0.05) is 38.4 Å². The molecule has 7 heteroatoms. The fourth-order valence-electron chi connectivity index (χ4n) is 3.03. The molecule has 1 amide bonds. The summed E-state index contributed by atoms with van der Waals surface area (Å²) in [6, 6.07) is 6.21. The van der Waals surface area contributed by atoms with Crippen molar-refractivity contribution in [3.63, 3.8) is 0 Å². The zero-order valence-electron chi connectivity index (χ0n) is 17.2.